The molecule has 1 saturated heterocycles. The Labute approximate surface area is 115 Å². The fourth-order valence-corrected chi connectivity index (χ4v) is 3.20. The molecule has 1 heteroatoms. The van der Waals surface area contributed by atoms with Crippen molar-refractivity contribution < 1.29 is 4.74 Å². The second-order valence-electron chi connectivity index (χ2n) is 5.44. The van der Waals surface area contributed by atoms with Crippen molar-refractivity contribution in [3.8, 4) is 0 Å². The fourth-order valence-electron chi connectivity index (χ4n) is 3.20. The van der Waals surface area contributed by atoms with Gasteiger partial charge in [0.2, 0.25) is 0 Å². The summed E-state index contributed by atoms with van der Waals surface area (Å²) in [6.07, 6.45) is 2.18. The minimum atomic E-state index is -0.189. The first-order valence-electron chi connectivity index (χ1n) is 7.04. The molecule has 1 nitrogen and oxygen atoms in total. The minimum absolute atomic E-state index is 0.148. The molecule has 0 spiro atoms. The lowest BCUT2D eigenvalue weighted by molar-refractivity contribution is 0.261. The third-order valence-electron chi connectivity index (χ3n) is 4.27. The van der Waals surface area contributed by atoms with Crippen molar-refractivity contribution >= 4 is 0 Å². The van der Waals surface area contributed by atoms with Crippen molar-refractivity contribution in [2.75, 3.05) is 0 Å². The Morgan fingerprint density at radius 2 is 1.37 bits per heavy atom. The van der Waals surface area contributed by atoms with Gasteiger partial charge in [0.05, 0.1) is 0 Å². The van der Waals surface area contributed by atoms with Gasteiger partial charge in [0.25, 0.3) is 0 Å². The van der Waals surface area contributed by atoms with E-state index in [4.69, 9.17) is 4.74 Å². The molecule has 3 rings (SSSR count). The zero-order valence-electron chi connectivity index (χ0n) is 11.6. The van der Waals surface area contributed by atoms with Crippen LogP contribution in [0.1, 0.15) is 37.8 Å². The summed E-state index contributed by atoms with van der Waals surface area (Å²) >= 11 is 0. The highest BCUT2D eigenvalue weighted by Crippen LogP contribution is 2.64. The van der Waals surface area contributed by atoms with Crippen LogP contribution in [0.2, 0.25) is 0 Å². The largest absolute Gasteiger partial charge is 0.353 e. The average molecular weight is 252 g/mol. The highest BCUT2D eigenvalue weighted by molar-refractivity contribution is 5.40. The van der Waals surface area contributed by atoms with Crippen LogP contribution in [0, 0.1) is 0 Å². The summed E-state index contributed by atoms with van der Waals surface area (Å²) in [6.45, 7) is 4.43. The van der Waals surface area contributed by atoms with E-state index in [1.807, 2.05) is 0 Å². The van der Waals surface area contributed by atoms with Gasteiger partial charge >= 0.3 is 0 Å². The summed E-state index contributed by atoms with van der Waals surface area (Å²) in [5.74, 6) is 0. The number of hydrogen-bond acceptors (Lipinski definition) is 1. The summed E-state index contributed by atoms with van der Waals surface area (Å²) in [5.41, 5.74) is 2.23. The number of benzene rings is 2. The summed E-state index contributed by atoms with van der Waals surface area (Å²) in [4.78, 5) is 0. The standard InChI is InChI=1S/C18H20O/c1-3-14-18(16-12-8-5-9-13-16)17(2,19-18)15-10-6-4-7-11-15/h4-13H,3,14H2,1-2H3. The first-order chi connectivity index (χ1) is 9.23. The molecular formula is C18H20O. The van der Waals surface area contributed by atoms with Crippen molar-refractivity contribution in [1.29, 1.82) is 0 Å². The smallest absolute Gasteiger partial charge is 0.127 e. The van der Waals surface area contributed by atoms with Gasteiger partial charge in [-0.05, 0) is 24.5 Å². The van der Waals surface area contributed by atoms with Crippen LogP contribution in [-0.4, -0.2) is 0 Å². The molecule has 1 aliphatic heterocycles. The number of hydrogen-bond donors (Lipinski definition) is 0. The summed E-state index contributed by atoms with van der Waals surface area (Å²) in [7, 11) is 0. The van der Waals surface area contributed by atoms with E-state index in [-0.39, 0.29) is 11.2 Å². The highest BCUT2D eigenvalue weighted by Gasteiger charge is 2.67. The lowest BCUT2D eigenvalue weighted by Crippen LogP contribution is -2.19. The molecule has 0 N–H and O–H groups in total. The Balaban J connectivity index is 2.03. The Morgan fingerprint density at radius 1 is 0.842 bits per heavy atom. The van der Waals surface area contributed by atoms with E-state index in [1.54, 1.807) is 0 Å². The van der Waals surface area contributed by atoms with E-state index in [9.17, 15) is 0 Å². The minimum Gasteiger partial charge on any atom is -0.353 e. The van der Waals surface area contributed by atoms with Crippen molar-refractivity contribution in [2.24, 2.45) is 0 Å². The van der Waals surface area contributed by atoms with E-state index in [0.717, 1.165) is 12.8 Å². The molecule has 0 radical (unpaired) electrons. The van der Waals surface area contributed by atoms with Crippen molar-refractivity contribution in [3.05, 3.63) is 71.8 Å². The van der Waals surface area contributed by atoms with Crippen LogP contribution in [0.25, 0.3) is 0 Å². The van der Waals surface area contributed by atoms with Crippen LogP contribution in [-0.2, 0) is 15.9 Å². The molecule has 0 aromatic heterocycles. The Morgan fingerprint density at radius 3 is 1.89 bits per heavy atom. The molecule has 2 aromatic carbocycles. The normalized spacial score (nSPS) is 29.2. The lowest BCUT2D eigenvalue weighted by atomic mass is 9.80. The van der Waals surface area contributed by atoms with E-state index >= 15 is 0 Å². The number of rotatable bonds is 4. The zero-order chi connectivity index (χ0) is 13.3. The predicted octanol–water partition coefficient (Wildman–Crippen LogP) is 4.63. The molecule has 0 bridgehead atoms. The summed E-state index contributed by atoms with van der Waals surface area (Å²) in [5, 5.41) is 0. The average Bonchev–Trinajstić information content (AvgIpc) is 3.09. The molecule has 0 amide bonds. The Hall–Kier alpha value is -1.60. The highest BCUT2D eigenvalue weighted by atomic mass is 16.6. The third-order valence-corrected chi connectivity index (χ3v) is 4.27. The van der Waals surface area contributed by atoms with Crippen molar-refractivity contribution in [1.82, 2.24) is 0 Å². The number of ether oxygens (including phenoxy) is 1. The fraction of sp³-hybridized carbons (Fsp3) is 0.333. The van der Waals surface area contributed by atoms with Gasteiger partial charge in [-0.2, -0.15) is 0 Å². The number of epoxide rings is 1. The first-order valence-corrected chi connectivity index (χ1v) is 7.04. The van der Waals surface area contributed by atoms with E-state index < -0.39 is 0 Å². The van der Waals surface area contributed by atoms with Crippen LogP contribution in [0.3, 0.4) is 0 Å². The third kappa shape index (κ3) is 1.81. The van der Waals surface area contributed by atoms with Gasteiger partial charge in [0, 0.05) is 0 Å². The molecule has 98 valence electrons. The molecule has 1 heterocycles. The Bertz CT molecular complexity index is 548. The summed E-state index contributed by atoms with van der Waals surface area (Å²) in [6, 6.07) is 21.2. The molecule has 0 saturated carbocycles. The van der Waals surface area contributed by atoms with Gasteiger partial charge in [0.15, 0.2) is 0 Å². The van der Waals surface area contributed by atoms with Gasteiger partial charge < -0.3 is 4.74 Å². The van der Waals surface area contributed by atoms with E-state index in [1.165, 1.54) is 11.1 Å². The van der Waals surface area contributed by atoms with Crippen LogP contribution in [0.5, 0.6) is 0 Å². The molecule has 0 aliphatic carbocycles. The van der Waals surface area contributed by atoms with E-state index in [2.05, 4.69) is 74.5 Å². The second kappa shape index (κ2) is 4.50. The quantitative estimate of drug-likeness (QED) is 0.723. The molecular weight excluding hydrogens is 232 g/mol. The van der Waals surface area contributed by atoms with Crippen LogP contribution in [0.15, 0.2) is 60.7 Å². The topological polar surface area (TPSA) is 12.5 Å². The monoisotopic (exact) mass is 252 g/mol. The Kier molecular flexibility index (Phi) is 2.94. The lowest BCUT2D eigenvalue weighted by Gasteiger charge is -2.17. The molecule has 19 heavy (non-hydrogen) atoms. The second-order valence-corrected chi connectivity index (χ2v) is 5.44. The molecule has 2 aromatic rings. The SMILES string of the molecule is CCCC1(c2ccccc2)OC1(C)c1ccccc1. The van der Waals surface area contributed by atoms with Crippen molar-refractivity contribution in [3.63, 3.8) is 0 Å². The zero-order valence-corrected chi connectivity index (χ0v) is 11.6. The van der Waals surface area contributed by atoms with Crippen LogP contribution in [0.4, 0.5) is 0 Å². The molecule has 2 unspecified atom stereocenters. The van der Waals surface area contributed by atoms with Gasteiger partial charge in [0.1, 0.15) is 11.2 Å². The molecule has 1 fully saturated rings. The van der Waals surface area contributed by atoms with Gasteiger partial charge in [-0.1, -0.05) is 74.0 Å². The maximum Gasteiger partial charge on any atom is 0.127 e. The maximum atomic E-state index is 6.30. The van der Waals surface area contributed by atoms with Gasteiger partial charge in [-0.3, -0.25) is 0 Å². The van der Waals surface area contributed by atoms with Gasteiger partial charge in [-0.25, -0.2) is 0 Å². The maximum absolute atomic E-state index is 6.30. The van der Waals surface area contributed by atoms with Gasteiger partial charge in [-0.15, -0.1) is 0 Å². The first kappa shape index (κ1) is 12.4. The predicted molar refractivity (Wildman–Crippen MR) is 77.9 cm³/mol. The van der Waals surface area contributed by atoms with Crippen LogP contribution >= 0.6 is 0 Å². The molecule has 1 aliphatic rings. The van der Waals surface area contributed by atoms with Crippen molar-refractivity contribution in [2.45, 2.75) is 37.9 Å². The summed E-state index contributed by atoms with van der Waals surface area (Å²) < 4.78 is 6.30. The molecule has 2 atom stereocenters. The van der Waals surface area contributed by atoms with Crippen LogP contribution < -0.4 is 0 Å². The van der Waals surface area contributed by atoms with E-state index in [0.29, 0.717) is 0 Å².